The van der Waals surface area contributed by atoms with Crippen LogP contribution in [0.15, 0.2) is 84.3 Å². The van der Waals surface area contributed by atoms with Crippen LogP contribution in [0.4, 0.5) is 5.69 Å². The fourth-order valence-electron chi connectivity index (χ4n) is 2.78. The third kappa shape index (κ3) is 4.84. The van der Waals surface area contributed by atoms with Gasteiger partial charge in [0.25, 0.3) is 0 Å². The van der Waals surface area contributed by atoms with Crippen LogP contribution in [0.3, 0.4) is 0 Å². The zero-order valence-electron chi connectivity index (χ0n) is 16.2. The van der Waals surface area contributed by atoms with Gasteiger partial charge >= 0.3 is 0 Å². The van der Waals surface area contributed by atoms with E-state index in [9.17, 15) is 4.79 Å². The van der Waals surface area contributed by atoms with Gasteiger partial charge in [-0.1, -0.05) is 36.0 Å². The average Bonchev–Trinajstić information content (AvgIpc) is 3.14. The summed E-state index contributed by atoms with van der Waals surface area (Å²) in [6, 6.07) is 20.6. The number of thioether (sulfide) groups is 1. The quantitative estimate of drug-likeness (QED) is 0.449. The summed E-state index contributed by atoms with van der Waals surface area (Å²) in [6.07, 6.45) is 3.44. The molecule has 4 aromatic rings. The summed E-state index contributed by atoms with van der Waals surface area (Å²) < 4.78 is 7.66. The molecule has 0 aliphatic carbocycles. The lowest BCUT2D eigenvalue weighted by atomic mass is 10.3. The van der Waals surface area contributed by atoms with E-state index in [1.54, 1.807) is 18.5 Å². The number of pyridine rings is 1. The summed E-state index contributed by atoms with van der Waals surface area (Å²) >= 11 is 1.32. The fraction of sp³-hybridized carbons (Fsp3) is 0.0909. The van der Waals surface area contributed by atoms with Crippen molar-refractivity contribution in [2.24, 2.45) is 7.05 Å². The van der Waals surface area contributed by atoms with Crippen LogP contribution in [-0.4, -0.2) is 31.4 Å². The SMILES string of the molecule is Cn1c(SCC(=O)Nc2cccc(Oc3ccccc3)c2)nnc1-c1cccnc1. The van der Waals surface area contributed by atoms with Gasteiger partial charge in [-0.15, -0.1) is 10.2 Å². The Morgan fingerprint density at radius 3 is 2.67 bits per heavy atom. The van der Waals surface area contributed by atoms with Gasteiger partial charge < -0.3 is 14.6 Å². The molecule has 0 unspecified atom stereocenters. The predicted octanol–water partition coefficient (Wildman–Crippen LogP) is 4.40. The van der Waals surface area contributed by atoms with Gasteiger partial charge in [0, 0.05) is 36.8 Å². The number of hydrogen-bond acceptors (Lipinski definition) is 6. The van der Waals surface area contributed by atoms with E-state index in [1.807, 2.05) is 72.3 Å². The highest BCUT2D eigenvalue weighted by atomic mass is 32.2. The van der Waals surface area contributed by atoms with Gasteiger partial charge in [0.1, 0.15) is 11.5 Å². The first-order chi connectivity index (χ1) is 14.7. The van der Waals surface area contributed by atoms with Gasteiger partial charge in [-0.2, -0.15) is 0 Å². The molecule has 0 bridgehead atoms. The highest BCUT2D eigenvalue weighted by Gasteiger charge is 2.13. The third-order valence-corrected chi connectivity index (χ3v) is 5.20. The van der Waals surface area contributed by atoms with E-state index in [-0.39, 0.29) is 11.7 Å². The fourth-order valence-corrected chi connectivity index (χ4v) is 3.49. The molecule has 0 aliphatic heterocycles. The van der Waals surface area contributed by atoms with Gasteiger partial charge in [-0.25, -0.2) is 0 Å². The van der Waals surface area contributed by atoms with Crippen molar-refractivity contribution in [3.63, 3.8) is 0 Å². The third-order valence-electron chi connectivity index (χ3n) is 4.18. The highest BCUT2D eigenvalue weighted by Crippen LogP contribution is 2.25. The molecule has 2 aromatic heterocycles. The molecule has 0 atom stereocenters. The molecule has 1 N–H and O–H groups in total. The Balaban J connectivity index is 1.36. The van der Waals surface area contributed by atoms with E-state index < -0.39 is 0 Å². The summed E-state index contributed by atoms with van der Waals surface area (Å²) in [5.41, 5.74) is 1.54. The molecular weight excluding hydrogens is 398 g/mol. The van der Waals surface area contributed by atoms with E-state index in [0.29, 0.717) is 22.4 Å². The Kier molecular flexibility index (Phi) is 6.05. The highest BCUT2D eigenvalue weighted by molar-refractivity contribution is 7.99. The second kappa shape index (κ2) is 9.23. The van der Waals surface area contributed by atoms with Crippen molar-refractivity contribution in [2.45, 2.75) is 5.16 Å². The van der Waals surface area contributed by atoms with Gasteiger partial charge in [0.05, 0.1) is 5.75 Å². The molecular formula is C22H19N5O2S. The number of carbonyl (C=O) groups is 1. The van der Waals surface area contributed by atoms with Crippen LogP contribution in [0.1, 0.15) is 0 Å². The van der Waals surface area contributed by atoms with Crippen LogP contribution < -0.4 is 10.1 Å². The molecule has 0 fully saturated rings. The molecule has 0 spiro atoms. The maximum Gasteiger partial charge on any atom is 0.234 e. The van der Waals surface area contributed by atoms with Crippen molar-refractivity contribution < 1.29 is 9.53 Å². The molecule has 0 aliphatic rings. The van der Waals surface area contributed by atoms with Gasteiger partial charge in [0.15, 0.2) is 11.0 Å². The number of nitrogens with zero attached hydrogens (tertiary/aromatic N) is 4. The number of carbonyl (C=O) groups excluding carboxylic acids is 1. The summed E-state index contributed by atoms with van der Waals surface area (Å²) in [5, 5.41) is 11.9. The van der Waals surface area contributed by atoms with Crippen molar-refractivity contribution in [1.82, 2.24) is 19.7 Å². The number of para-hydroxylation sites is 1. The molecule has 0 radical (unpaired) electrons. The molecule has 0 saturated carbocycles. The van der Waals surface area contributed by atoms with E-state index in [1.165, 1.54) is 11.8 Å². The van der Waals surface area contributed by atoms with Crippen molar-refractivity contribution in [1.29, 1.82) is 0 Å². The number of aromatic nitrogens is 4. The number of hydrogen-bond donors (Lipinski definition) is 1. The Labute approximate surface area is 178 Å². The van der Waals surface area contributed by atoms with Crippen molar-refractivity contribution in [2.75, 3.05) is 11.1 Å². The van der Waals surface area contributed by atoms with Crippen LogP contribution >= 0.6 is 11.8 Å². The van der Waals surface area contributed by atoms with Crippen LogP contribution in [-0.2, 0) is 11.8 Å². The topological polar surface area (TPSA) is 81.9 Å². The van der Waals surface area contributed by atoms with Crippen LogP contribution in [0.5, 0.6) is 11.5 Å². The van der Waals surface area contributed by atoms with Crippen molar-refractivity contribution in [3.8, 4) is 22.9 Å². The molecule has 150 valence electrons. The number of rotatable bonds is 7. The standard InChI is InChI=1S/C22H19N5O2S/c1-27-21(16-7-6-12-23-14-16)25-26-22(27)30-15-20(28)24-17-8-5-11-19(13-17)29-18-9-3-2-4-10-18/h2-14H,15H2,1H3,(H,24,28). The molecule has 1 amide bonds. The lowest BCUT2D eigenvalue weighted by molar-refractivity contribution is -0.113. The van der Waals surface area contributed by atoms with Crippen molar-refractivity contribution >= 4 is 23.4 Å². The van der Waals surface area contributed by atoms with Crippen LogP contribution in [0, 0.1) is 0 Å². The Hall–Kier alpha value is -3.65. The van der Waals surface area contributed by atoms with Gasteiger partial charge in [0.2, 0.25) is 5.91 Å². The lowest BCUT2D eigenvalue weighted by Crippen LogP contribution is -2.14. The van der Waals surface area contributed by atoms with E-state index >= 15 is 0 Å². The largest absolute Gasteiger partial charge is 0.457 e. The monoisotopic (exact) mass is 417 g/mol. The summed E-state index contributed by atoms with van der Waals surface area (Å²) in [7, 11) is 1.87. The smallest absolute Gasteiger partial charge is 0.234 e. The Morgan fingerprint density at radius 2 is 1.87 bits per heavy atom. The Bertz CT molecular complexity index is 1130. The minimum Gasteiger partial charge on any atom is -0.457 e. The van der Waals surface area contributed by atoms with Crippen LogP contribution in [0.2, 0.25) is 0 Å². The normalized spacial score (nSPS) is 10.6. The number of anilines is 1. The van der Waals surface area contributed by atoms with E-state index in [4.69, 9.17) is 4.74 Å². The minimum absolute atomic E-state index is 0.136. The number of nitrogens with one attached hydrogen (secondary N) is 1. The van der Waals surface area contributed by atoms with E-state index in [2.05, 4.69) is 20.5 Å². The number of amides is 1. The minimum atomic E-state index is -0.136. The second-order valence-electron chi connectivity index (χ2n) is 6.39. The molecule has 2 heterocycles. The average molecular weight is 417 g/mol. The number of benzene rings is 2. The summed E-state index contributed by atoms with van der Waals surface area (Å²) in [5.74, 6) is 2.17. The van der Waals surface area contributed by atoms with Crippen molar-refractivity contribution in [3.05, 3.63) is 79.1 Å². The van der Waals surface area contributed by atoms with E-state index in [0.717, 1.165) is 11.3 Å². The second-order valence-corrected chi connectivity index (χ2v) is 7.33. The predicted molar refractivity (Wildman–Crippen MR) is 117 cm³/mol. The lowest BCUT2D eigenvalue weighted by Gasteiger charge is -2.09. The van der Waals surface area contributed by atoms with Crippen LogP contribution in [0.25, 0.3) is 11.4 Å². The van der Waals surface area contributed by atoms with Gasteiger partial charge in [-0.3, -0.25) is 9.78 Å². The first-order valence-corrected chi connectivity index (χ1v) is 10.2. The zero-order valence-corrected chi connectivity index (χ0v) is 17.0. The molecule has 30 heavy (non-hydrogen) atoms. The maximum absolute atomic E-state index is 12.4. The molecule has 7 nitrogen and oxygen atoms in total. The first-order valence-electron chi connectivity index (χ1n) is 9.24. The molecule has 8 heteroatoms. The first kappa shape index (κ1) is 19.7. The summed E-state index contributed by atoms with van der Waals surface area (Å²) in [4.78, 5) is 16.5. The maximum atomic E-state index is 12.4. The zero-order chi connectivity index (χ0) is 20.8. The molecule has 2 aromatic carbocycles. The summed E-state index contributed by atoms with van der Waals surface area (Å²) in [6.45, 7) is 0. The molecule has 0 saturated heterocycles. The number of ether oxygens (including phenoxy) is 1. The van der Waals surface area contributed by atoms with Gasteiger partial charge in [-0.05, 0) is 36.4 Å². The molecule has 4 rings (SSSR count). The Morgan fingerprint density at radius 1 is 1.03 bits per heavy atom.